The third-order valence-corrected chi connectivity index (χ3v) is 3.36. The van der Waals surface area contributed by atoms with E-state index < -0.39 is 0 Å². The molecule has 1 rings (SSSR count). The number of halogens is 2. The molecule has 0 fully saturated rings. The molecule has 1 aromatic rings. The van der Waals surface area contributed by atoms with Crippen molar-refractivity contribution in [2.45, 2.75) is 0 Å². The average molecular weight is 307 g/mol. The Kier molecular flexibility index (Phi) is 5.25. The normalized spacial score (nSPS) is 10.2. The number of carbonyl (C=O) groups is 1. The maximum Gasteiger partial charge on any atom is 0.253 e. The summed E-state index contributed by atoms with van der Waals surface area (Å²) in [5.41, 5.74) is 0.606. The molecule has 16 heavy (non-hydrogen) atoms. The summed E-state index contributed by atoms with van der Waals surface area (Å²) in [7, 11) is 3.35. The fourth-order valence-electron chi connectivity index (χ4n) is 1.18. The SMILES string of the molecule is COCCN(C)C(=O)c1ccc(Cl)c(Br)c1. The monoisotopic (exact) mass is 305 g/mol. The Morgan fingerprint density at radius 1 is 1.56 bits per heavy atom. The van der Waals surface area contributed by atoms with Crippen molar-refractivity contribution in [3.8, 4) is 0 Å². The maximum atomic E-state index is 11.9. The summed E-state index contributed by atoms with van der Waals surface area (Å²) >= 11 is 9.15. The van der Waals surface area contributed by atoms with E-state index in [9.17, 15) is 4.79 Å². The van der Waals surface area contributed by atoms with Crippen LogP contribution in [0.5, 0.6) is 0 Å². The quantitative estimate of drug-likeness (QED) is 0.856. The van der Waals surface area contributed by atoms with Crippen molar-refractivity contribution in [1.82, 2.24) is 4.90 Å². The molecule has 0 aliphatic carbocycles. The molecule has 1 aromatic carbocycles. The van der Waals surface area contributed by atoms with E-state index in [2.05, 4.69) is 15.9 Å². The lowest BCUT2D eigenvalue weighted by molar-refractivity contribution is 0.0744. The van der Waals surface area contributed by atoms with Crippen LogP contribution in [0.3, 0.4) is 0 Å². The lowest BCUT2D eigenvalue weighted by atomic mass is 10.2. The smallest absolute Gasteiger partial charge is 0.253 e. The summed E-state index contributed by atoms with van der Waals surface area (Å²) in [5.74, 6) is -0.0468. The van der Waals surface area contributed by atoms with Gasteiger partial charge in [0, 0.05) is 30.7 Å². The molecule has 0 spiro atoms. The molecule has 0 aromatic heterocycles. The van der Waals surface area contributed by atoms with Gasteiger partial charge in [0.15, 0.2) is 0 Å². The predicted octanol–water partition coefficient (Wildman–Crippen LogP) is 2.82. The van der Waals surface area contributed by atoms with Crippen LogP contribution in [0.4, 0.5) is 0 Å². The van der Waals surface area contributed by atoms with Crippen LogP contribution >= 0.6 is 27.5 Å². The molecule has 3 nitrogen and oxygen atoms in total. The summed E-state index contributed by atoms with van der Waals surface area (Å²) in [6.45, 7) is 1.09. The molecule has 0 bridgehead atoms. The van der Waals surface area contributed by atoms with Crippen molar-refractivity contribution in [3.05, 3.63) is 33.3 Å². The van der Waals surface area contributed by atoms with E-state index in [1.807, 2.05) is 0 Å². The van der Waals surface area contributed by atoms with Crippen LogP contribution in [0.2, 0.25) is 5.02 Å². The highest BCUT2D eigenvalue weighted by molar-refractivity contribution is 9.10. The average Bonchev–Trinajstić information content (AvgIpc) is 2.28. The summed E-state index contributed by atoms with van der Waals surface area (Å²) in [4.78, 5) is 13.5. The molecular weight excluding hydrogens is 293 g/mol. The van der Waals surface area contributed by atoms with Crippen LogP contribution in [-0.4, -0.2) is 38.1 Å². The molecule has 0 heterocycles. The number of benzene rings is 1. The van der Waals surface area contributed by atoms with E-state index >= 15 is 0 Å². The molecule has 0 saturated carbocycles. The number of amides is 1. The summed E-state index contributed by atoms with van der Waals surface area (Å²) in [5, 5.41) is 0.594. The fourth-order valence-corrected chi connectivity index (χ4v) is 1.68. The van der Waals surface area contributed by atoms with E-state index in [1.165, 1.54) is 0 Å². The lowest BCUT2D eigenvalue weighted by Crippen LogP contribution is -2.29. The van der Waals surface area contributed by atoms with Crippen LogP contribution < -0.4 is 0 Å². The second-order valence-corrected chi connectivity index (χ2v) is 4.61. The number of ether oxygens (including phenoxy) is 1. The molecule has 0 unspecified atom stereocenters. The number of methoxy groups -OCH3 is 1. The summed E-state index contributed by atoms with van der Waals surface area (Å²) < 4.78 is 5.64. The van der Waals surface area contributed by atoms with Gasteiger partial charge in [-0.3, -0.25) is 4.79 Å². The zero-order valence-corrected chi connectivity index (χ0v) is 11.5. The Balaban J connectivity index is 2.76. The van der Waals surface area contributed by atoms with Crippen molar-refractivity contribution in [1.29, 1.82) is 0 Å². The molecule has 0 N–H and O–H groups in total. The van der Waals surface area contributed by atoms with Gasteiger partial charge >= 0.3 is 0 Å². The molecular formula is C11H13BrClNO2. The Morgan fingerprint density at radius 2 is 2.25 bits per heavy atom. The van der Waals surface area contributed by atoms with Crippen LogP contribution in [0.25, 0.3) is 0 Å². The minimum atomic E-state index is -0.0468. The Bertz CT molecular complexity index is 384. The van der Waals surface area contributed by atoms with Crippen molar-refractivity contribution < 1.29 is 9.53 Å². The zero-order chi connectivity index (χ0) is 12.1. The Labute approximate surface area is 108 Å². The Morgan fingerprint density at radius 3 is 2.81 bits per heavy atom. The second kappa shape index (κ2) is 6.23. The van der Waals surface area contributed by atoms with Crippen molar-refractivity contribution in [2.75, 3.05) is 27.3 Å². The standard InChI is InChI=1S/C11H13BrClNO2/c1-14(5-6-16-2)11(15)8-3-4-10(13)9(12)7-8/h3-4,7H,5-6H2,1-2H3. The summed E-state index contributed by atoms with van der Waals surface area (Å²) in [6, 6.07) is 5.12. The number of hydrogen-bond acceptors (Lipinski definition) is 2. The van der Waals surface area contributed by atoms with E-state index in [1.54, 1.807) is 37.3 Å². The van der Waals surface area contributed by atoms with Crippen LogP contribution in [0, 0.1) is 0 Å². The molecule has 5 heteroatoms. The molecule has 0 atom stereocenters. The first-order valence-corrected chi connectivity index (χ1v) is 5.93. The van der Waals surface area contributed by atoms with Crippen LogP contribution in [-0.2, 0) is 4.74 Å². The maximum absolute atomic E-state index is 11.9. The van der Waals surface area contributed by atoms with E-state index in [4.69, 9.17) is 16.3 Å². The van der Waals surface area contributed by atoms with Gasteiger partial charge in [-0.05, 0) is 34.1 Å². The number of rotatable bonds is 4. The third-order valence-electron chi connectivity index (χ3n) is 2.14. The van der Waals surface area contributed by atoms with Crippen LogP contribution in [0.1, 0.15) is 10.4 Å². The van der Waals surface area contributed by atoms with E-state index in [0.717, 1.165) is 4.47 Å². The van der Waals surface area contributed by atoms with Gasteiger partial charge in [0.1, 0.15) is 0 Å². The first-order valence-electron chi connectivity index (χ1n) is 4.75. The van der Waals surface area contributed by atoms with Gasteiger partial charge < -0.3 is 9.64 Å². The number of nitrogens with zero attached hydrogens (tertiary/aromatic N) is 1. The highest BCUT2D eigenvalue weighted by Crippen LogP contribution is 2.23. The van der Waals surface area contributed by atoms with Gasteiger partial charge in [0.05, 0.1) is 11.6 Å². The molecule has 1 amide bonds. The fraction of sp³-hybridized carbons (Fsp3) is 0.364. The molecule has 0 aliphatic rings. The highest BCUT2D eigenvalue weighted by atomic mass is 79.9. The largest absolute Gasteiger partial charge is 0.383 e. The summed E-state index contributed by atoms with van der Waals surface area (Å²) in [6.07, 6.45) is 0. The third kappa shape index (κ3) is 3.47. The van der Waals surface area contributed by atoms with Gasteiger partial charge in [0.25, 0.3) is 5.91 Å². The second-order valence-electron chi connectivity index (χ2n) is 3.35. The van der Waals surface area contributed by atoms with Crippen molar-refractivity contribution in [2.24, 2.45) is 0 Å². The number of likely N-dealkylation sites (N-methyl/N-ethyl adjacent to an activating group) is 1. The van der Waals surface area contributed by atoms with Gasteiger partial charge in [-0.15, -0.1) is 0 Å². The van der Waals surface area contributed by atoms with Crippen molar-refractivity contribution in [3.63, 3.8) is 0 Å². The van der Waals surface area contributed by atoms with Crippen LogP contribution in [0.15, 0.2) is 22.7 Å². The highest BCUT2D eigenvalue weighted by Gasteiger charge is 2.12. The molecule has 0 saturated heterocycles. The minimum absolute atomic E-state index is 0.0468. The van der Waals surface area contributed by atoms with Crippen molar-refractivity contribution >= 4 is 33.4 Å². The molecule has 0 radical (unpaired) electrons. The van der Waals surface area contributed by atoms with E-state index in [-0.39, 0.29) is 5.91 Å². The number of carbonyl (C=O) groups excluding carboxylic acids is 1. The van der Waals surface area contributed by atoms with E-state index in [0.29, 0.717) is 23.7 Å². The minimum Gasteiger partial charge on any atom is -0.383 e. The predicted molar refractivity (Wildman–Crippen MR) is 68.0 cm³/mol. The Hall–Kier alpha value is -0.580. The molecule has 88 valence electrons. The van der Waals surface area contributed by atoms with Gasteiger partial charge in [-0.1, -0.05) is 11.6 Å². The number of hydrogen-bond donors (Lipinski definition) is 0. The van der Waals surface area contributed by atoms with Gasteiger partial charge in [-0.2, -0.15) is 0 Å². The van der Waals surface area contributed by atoms with Gasteiger partial charge in [-0.25, -0.2) is 0 Å². The zero-order valence-electron chi connectivity index (χ0n) is 9.17. The first-order chi connectivity index (χ1) is 7.56. The van der Waals surface area contributed by atoms with Gasteiger partial charge in [0.2, 0.25) is 0 Å². The molecule has 0 aliphatic heterocycles. The first kappa shape index (κ1) is 13.5. The lowest BCUT2D eigenvalue weighted by Gasteiger charge is -2.16. The topological polar surface area (TPSA) is 29.5 Å².